The zero-order valence-electron chi connectivity index (χ0n) is 21.8. The molecule has 1 heterocycles. The van der Waals surface area contributed by atoms with Crippen molar-refractivity contribution in [2.75, 3.05) is 20.6 Å². The summed E-state index contributed by atoms with van der Waals surface area (Å²) in [5.74, 6) is -1.79. The van der Waals surface area contributed by atoms with Gasteiger partial charge in [-0.2, -0.15) is 12.6 Å². The van der Waals surface area contributed by atoms with Gasteiger partial charge in [-0.05, 0) is 38.0 Å². The summed E-state index contributed by atoms with van der Waals surface area (Å²) in [5.41, 5.74) is 4.03. The van der Waals surface area contributed by atoms with Crippen molar-refractivity contribution in [2.24, 2.45) is 17.1 Å². The Balaban J connectivity index is 2.93. The Morgan fingerprint density at radius 3 is 2.09 bits per heavy atom. The molecule has 1 fully saturated rings. The van der Waals surface area contributed by atoms with E-state index in [2.05, 4.69) is 17.9 Å². The van der Waals surface area contributed by atoms with Gasteiger partial charge < -0.3 is 20.9 Å². The number of nitrogens with one attached hydrogen (secondary N) is 1. The lowest BCUT2D eigenvalue weighted by molar-refractivity contribution is -0.144. The number of nitrogens with two attached hydrogens (primary N) is 1. The molecule has 0 aromatic rings. The van der Waals surface area contributed by atoms with E-state index in [0.29, 0.717) is 6.42 Å². The van der Waals surface area contributed by atoms with Gasteiger partial charge in [0.1, 0.15) is 17.6 Å². The number of carbonyl (C=O) groups is 5. The topological polar surface area (TPSA) is 133 Å². The number of rotatable bonds is 10. The molecule has 0 unspecified atom stereocenters. The van der Waals surface area contributed by atoms with E-state index < -0.39 is 52.0 Å². The van der Waals surface area contributed by atoms with E-state index in [1.54, 1.807) is 20.9 Å². The van der Waals surface area contributed by atoms with E-state index in [1.807, 2.05) is 34.6 Å². The molecule has 11 heteroatoms. The summed E-state index contributed by atoms with van der Waals surface area (Å²) in [6, 6.07) is -2.16. The highest BCUT2D eigenvalue weighted by Crippen LogP contribution is 2.27. The van der Waals surface area contributed by atoms with Gasteiger partial charge in [0, 0.05) is 20.6 Å². The average Bonchev–Trinajstić information content (AvgIpc) is 2.82. The minimum Gasteiger partial charge on any atom is -0.368 e. The summed E-state index contributed by atoms with van der Waals surface area (Å²) < 4.78 is 0. The number of amides is 6. The summed E-state index contributed by atoms with van der Waals surface area (Å²) in [4.78, 5) is 66.9. The maximum Gasteiger partial charge on any atom is 0.327 e. The number of hydrogen-bond donors (Lipinski definition) is 3. The smallest absolute Gasteiger partial charge is 0.327 e. The molecule has 0 saturated carbocycles. The van der Waals surface area contributed by atoms with Crippen molar-refractivity contribution < 1.29 is 24.0 Å². The molecule has 1 rings (SSSR count). The molecule has 0 bridgehead atoms. The van der Waals surface area contributed by atoms with Gasteiger partial charge in [0.05, 0.1) is 5.25 Å². The quantitative estimate of drug-likeness (QED) is 0.307. The van der Waals surface area contributed by atoms with Crippen LogP contribution in [0.2, 0.25) is 0 Å². The molecule has 0 aliphatic carbocycles. The molecule has 1 saturated heterocycles. The molecule has 0 radical (unpaired) electrons. The fourth-order valence-electron chi connectivity index (χ4n) is 4.09. The second-order valence-electron chi connectivity index (χ2n) is 11.0. The van der Waals surface area contributed by atoms with E-state index >= 15 is 0 Å². The van der Waals surface area contributed by atoms with E-state index in [4.69, 9.17) is 5.73 Å². The fraction of sp³-hybridized carbons (Fsp3) is 0.783. The third kappa shape index (κ3) is 6.64. The van der Waals surface area contributed by atoms with Crippen molar-refractivity contribution in [2.45, 2.75) is 84.2 Å². The molecule has 3 N–H and O–H groups in total. The predicted molar refractivity (Wildman–Crippen MR) is 133 cm³/mol. The van der Waals surface area contributed by atoms with Crippen molar-refractivity contribution in [1.29, 1.82) is 0 Å². The largest absolute Gasteiger partial charge is 0.368 e. The van der Waals surface area contributed by atoms with Crippen LogP contribution in [-0.2, 0) is 19.2 Å². The minimum atomic E-state index is -0.950. The maximum absolute atomic E-state index is 13.3. The number of carbonyl (C=O) groups excluding carboxylic acids is 5. The van der Waals surface area contributed by atoms with Gasteiger partial charge in [-0.25, -0.2) is 4.79 Å². The number of hydrogen-bond acceptors (Lipinski definition) is 6. The molecule has 34 heavy (non-hydrogen) atoms. The van der Waals surface area contributed by atoms with Gasteiger partial charge in [0.15, 0.2) is 0 Å². The van der Waals surface area contributed by atoms with Gasteiger partial charge >= 0.3 is 6.03 Å². The number of thiol groups is 1. The van der Waals surface area contributed by atoms with Crippen LogP contribution in [0.4, 0.5) is 4.79 Å². The number of likely N-dealkylation sites (N-methyl/N-ethyl adjacent to an activating group) is 2. The molecular formula is C23H41N5O5S. The molecule has 0 aromatic carbocycles. The highest BCUT2D eigenvalue weighted by Gasteiger charge is 2.49. The van der Waals surface area contributed by atoms with Gasteiger partial charge in [0.25, 0.3) is 5.91 Å². The standard InChI is InChI=1S/C23H41N5O5S/c1-13(2)12-14(19(31)26(8)16(17(24)29)22(3,4)5)25-18(30)15(34)10-11-28-20(32)23(6,7)27(9)21(28)33/h13-16,34H,10-12H2,1-9H3,(H2,24,29)(H,25,30)/t14-,15-,16+/m0/s1. The molecule has 6 amide bonds. The summed E-state index contributed by atoms with van der Waals surface area (Å²) >= 11 is 4.35. The normalized spacial score (nSPS) is 18.7. The van der Waals surface area contributed by atoms with E-state index in [1.165, 1.54) is 16.8 Å². The van der Waals surface area contributed by atoms with Crippen molar-refractivity contribution in [3.05, 3.63) is 0 Å². The lowest BCUT2D eigenvalue weighted by atomic mass is 9.85. The monoisotopic (exact) mass is 499 g/mol. The third-order valence-electron chi connectivity index (χ3n) is 6.20. The first kappa shape index (κ1) is 29.7. The number of primary amides is 1. The van der Waals surface area contributed by atoms with Crippen LogP contribution in [0.25, 0.3) is 0 Å². The first-order chi connectivity index (χ1) is 15.3. The lowest BCUT2D eigenvalue weighted by Crippen LogP contribution is -2.58. The minimum absolute atomic E-state index is 0.0312. The summed E-state index contributed by atoms with van der Waals surface area (Å²) in [7, 11) is 3.06. The number of nitrogens with zero attached hydrogens (tertiary/aromatic N) is 3. The SMILES string of the molecule is CC(C)C[C@H](NC(=O)[C@@H](S)CCN1C(=O)N(C)C(C)(C)C1=O)C(=O)N(C)[C@H](C(N)=O)C(C)(C)C. The molecule has 3 atom stereocenters. The molecule has 194 valence electrons. The van der Waals surface area contributed by atoms with Crippen LogP contribution in [0.1, 0.15) is 61.3 Å². The van der Waals surface area contributed by atoms with Crippen molar-refractivity contribution in [3.8, 4) is 0 Å². The number of urea groups is 1. The summed E-state index contributed by atoms with van der Waals surface area (Å²) in [6.45, 7) is 12.6. The zero-order valence-corrected chi connectivity index (χ0v) is 22.7. The fourth-order valence-corrected chi connectivity index (χ4v) is 4.28. The van der Waals surface area contributed by atoms with Gasteiger partial charge in [0.2, 0.25) is 17.7 Å². The summed E-state index contributed by atoms with van der Waals surface area (Å²) in [6.07, 6.45) is 0.480. The highest BCUT2D eigenvalue weighted by atomic mass is 32.1. The molecular weight excluding hydrogens is 458 g/mol. The van der Waals surface area contributed by atoms with Crippen LogP contribution in [0, 0.1) is 11.3 Å². The molecule has 0 aromatic heterocycles. The van der Waals surface area contributed by atoms with Crippen LogP contribution < -0.4 is 11.1 Å². The Bertz CT molecular complexity index is 823. The van der Waals surface area contributed by atoms with E-state index in [0.717, 1.165) is 4.90 Å². The second-order valence-corrected chi connectivity index (χ2v) is 11.6. The van der Waals surface area contributed by atoms with Crippen LogP contribution in [0.5, 0.6) is 0 Å². The Morgan fingerprint density at radius 1 is 1.18 bits per heavy atom. The Kier molecular flexibility index (Phi) is 9.59. The van der Waals surface area contributed by atoms with E-state index in [9.17, 15) is 24.0 Å². The first-order valence-corrected chi connectivity index (χ1v) is 12.0. The Morgan fingerprint density at radius 2 is 1.71 bits per heavy atom. The Labute approximate surface area is 208 Å². The predicted octanol–water partition coefficient (Wildman–Crippen LogP) is 1.24. The van der Waals surface area contributed by atoms with Crippen LogP contribution in [-0.4, -0.2) is 87.9 Å². The van der Waals surface area contributed by atoms with Crippen LogP contribution in [0.3, 0.4) is 0 Å². The van der Waals surface area contributed by atoms with Crippen LogP contribution >= 0.6 is 12.6 Å². The maximum atomic E-state index is 13.3. The Hall–Kier alpha value is -2.30. The van der Waals surface area contributed by atoms with Crippen molar-refractivity contribution in [3.63, 3.8) is 0 Å². The average molecular weight is 500 g/mol. The highest BCUT2D eigenvalue weighted by molar-refractivity contribution is 7.81. The van der Waals surface area contributed by atoms with E-state index in [-0.39, 0.29) is 24.8 Å². The molecule has 10 nitrogen and oxygen atoms in total. The van der Waals surface area contributed by atoms with Crippen LogP contribution in [0.15, 0.2) is 0 Å². The molecule has 1 aliphatic rings. The first-order valence-electron chi connectivity index (χ1n) is 11.5. The molecule has 0 spiro atoms. The summed E-state index contributed by atoms with van der Waals surface area (Å²) in [5, 5.41) is 1.89. The number of imide groups is 1. The van der Waals surface area contributed by atoms with Gasteiger partial charge in [-0.15, -0.1) is 0 Å². The van der Waals surface area contributed by atoms with Crippen molar-refractivity contribution in [1.82, 2.24) is 20.0 Å². The van der Waals surface area contributed by atoms with Crippen molar-refractivity contribution >= 4 is 42.3 Å². The van der Waals surface area contributed by atoms with Gasteiger partial charge in [-0.3, -0.25) is 24.1 Å². The zero-order chi connectivity index (χ0) is 26.8. The lowest BCUT2D eigenvalue weighted by Gasteiger charge is -2.37. The molecule has 1 aliphatic heterocycles. The second kappa shape index (κ2) is 11.0. The third-order valence-corrected chi connectivity index (χ3v) is 6.69. The van der Waals surface area contributed by atoms with Gasteiger partial charge in [-0.1, -0.05) is 34.6 Å².